The third-order valence-electron chi connectivity index (χ3n) is 10.8. The number of tetrazole rings is 2. The van der Waals surface area contributed by atoms with Gasteiger partial charge in [-0.25, -0.2) is 55.1 Å². The number of nitrogens with one attached hydrogen (secondary N) is 3. The minimum atomic E-state index is -1.20. The highest BCUT2D eigenvalue weighted by molar-refractivity contribution is 9.10. The van der Waals surface area contributed by atoms with Crippen LogP contribution in [0.4, 0.5) is 64.0 Å². The summed E-state index contributed by atoms with van der Waals surface area (Å²) in [5.74, 6) is -7.94. The van der Waals surface area contributed by atoms with Crippen molar-refractivity contribution in [2.24, 2.45) is 0 Å². The molecule has 1 amide bonds. The first-order valence-corrected chi connectivity index (χ1v) is 26.6. The quantitative estimate of drug-likeness (QED) is 0.0325. The Kier molecular flexibility index (Phi) is 22.8. The van der Waals surface area contributed by atoms with E-state index in [9.17, 15) is 54.8 Å². The van der Waals surface area contributed by atoms with Crippen molar-refractivity contribution in [3.63, 3.8) is 0 Å². The molecule has 0 aliphatic heterocycles. The topological polar surface area (TPSA) is 278 Å². The first-order chi connectivity index (χ1) is 41.6. The van der Waals surface area contributed by atoms with E-state index in [2.05, 4.69) is 82.9 Å². The summed E-state index contributed by atoms with van der Waals surface area (Å²) in [6.45, 7) is 11.8. The molecule has 4 aromatic carbocycles. The lowest BCUT2D eigenvalue weighted by molar-refractivity contribution is -0.385. The van der Waals surface area contributed by atoms with E-state index in [1.165, 1.54) is 76.4 Å². The molecule has 5 N–H and O–H groups in total. The predicted octanol–water partition coefficient (Wildman–Crippen LogP) is 13.4. The highest BCUT2D eigenvalue weighted by atomic mass is 79.9. The van der Waals surface area contributed by atoms with Crippen molar-refractivity contribution in [3.05, 3.63) is 217 Å². The number of nitro groups is 1. The minimum Gasteiger partial charge on any atom is -0.382 e. The fourth-order valence-electron chi connectivity index (χ4n) is 7.01. The molecule has 0 fully saturated rings. The first kappa shape index (κ1) is 67.2. The van der Waals surface area contributed by atoms with E-state index in [1.54, 1.807) is 42.7 Å². The molecular weight excluding hydrogens is 1280 g/mol. The number of amides is 1. The zero-order chi connectivity index (χ0) is 64.6. The van der Waals surface area contributed by atoms with Gasteiger partial charge in [-0.3, -0.25) is 19.7 Å². The third kappa shape index (κ3) is 18.1. The fraction of sp³-hybridized carbons (Fsp3) is 0.143. The van der Waals surface area contributed by atoms with Crippen molar-refractivity contribution in [3.8, 4) is 34.2 Å². The van der Waals surface area contributed by atoms with Crippen LogP contribution in [0.5, 0.6) is 0 Å². The van der Waals surface area contributed by atoms with Crippen molar-refractivity contribution in [1.82, 2.24) is 60.4 Å². The average Bonchev–Trinajstić information content (AvgIpc) is 3.42. The third-order valence-corrected chi connectivity index (χ3v) is 11.7. The fourth-order valence-corrected chi connectivity index (χ4v) is 7.67. The van der Waals surface area contributed by atoms with E-state index >= 15 is 0 Å². The zero-order valence-corrected chi connectivity index (χ0v) is 49.6. The maximum atomic E-state index is 14.1. The highest BCUT2D eigenvalue weighted by Crippen LogP contribution is 2.30. The summed E-state index contributed by atoms with van der Waals surface area (Å²) in [6, 6.07) is 25.5. The number of carbonyl (C=O) groups excluding carboxylic acids is 2. The Morgan fingerprint density at radius 2 is 1.05 bits per heavy atom. The van der Waals surface area contributed by atoms with Crippen LogP contribution < -0.4 is 21.7 Å². The molecule has 0 saturated carbocycles. The maximum absolute atomic E-state index is 14.1. The summed E-state index contributed by atoms with van der Waals surface area (Å²) < 4.78 is 110. The molecule has 0 spiro atoms. The molecule has 0 saturated heterocycles. The van der Waals surface area contributed by atoms with Crippen LogP contribution in [0.1, 0.15) is 62.3 Å². The number of anilines is 4. The van der Waals surface area contributed by atoms with Gasteiger partial charge in [0.25, 0.3) is 11.1 Å². The van der Waals surface area contributed by atoms with Gasteiger partial charge in [0.2, 0.25) is 5.15 Å². The van der Waals surface area contributed by atoms with Gasteiger partial charge in [0.15, 0.2) is 64.0 Å². The zero-order valence-electron chi connectivity index (χ0n) is 46.5. The number of halogens is 11. The van der Waals surface area contributed by atoms with E-state index in [4.69, 9.17) is 28.9 Å². The van der Waals surface area contributed by atoms with Crippen LogP contribution in [0.25, 0.3) is 34.2 Å². The van der Waals surface area contributed by atoms with Crippen LogP contribution in [0.2, 0.25) is 5.15 Å². The number of nitrogens with two attached hydrogens (primary N) is 1. The Morgan fingerprint density at radius 3 is 1.55 bits per heavy atom. The largest absolute Gasteiger partial charge is 0.382 e. The summed E-state index contributed by atoms with van der Waals surface area (Å²) >= 11 is 13.6. The highest BCUT2D eigenvalue weighted by Gasteiger charge is 2.24. The number of nitrogens with zero attached hydrogens (tertiary/aromatic N) is 13. The number of benzene rings is 4. The van der Waals surface area contributed by atoms with E-state index < -0.39 is 68.2 Å². The summed E-state index contributed by atoms with van der Waals surface area (Å²) in [6.07, 6.45) is 6.11. The van der Waals surface area contributed by atoms with E-state index in [0.29, 0.717) is 33.2 Å². The van der Waals surface area contributed by atoms with Gasteiger partial charge in [-0.1, -0.05) is 35.9 Å². The summed E-state index contributed by atoms with van der Waals surface area (Å²) in [5.41, 5.74) is 5.50. The minimum absolute atomic E-state index is 0.0226. The average molecular weight is 1320 g/mol. The van der Waals surface area contributed by atoms with Crippen LogP contribution in [0.15, 0.2) is 145 Å². The molecule has 0 radical (unpaired) electrons. The molecule has 0 atom stereocenters. The van der Waals surface area contributed by atoms with E-state index in [0.717, 1.165) is 30.3 Å². The van der Waals surface area contributed by atoms with Gasteiger partial charge in [0, 0.05) is 46.4 Å². The summed E-state index contributed by atoms with van der Waals surface area (Å²) in [7, 11) is 0. The maximum Gasteiger partial charge on any atom is 0.306 e. The van der Waals surface area contributed by atoms with E-state index in [-0.39, 0.29) is 56.1 Å². The Bertz CT molecular complexity index is 4100. The number of pyridine rings is 4. The van der Waals surface area contributed by atoms with Gasteiger partial charge in [0.05, 0.1) is 32.9 Å². The van der Waals surface area contributed by atoms with Crippen molar-refractivity contribution in [2.45, 2.75) is 52.6 Å². The molecule has 0 bridgehead atoms. The predicted molar refractivity (Wildman–Crippen MR) is 314 cm³/mol. The van der Waals surface area contributed by atoms with Crippen molar-refractivity contribution < 1.29 is 49.6 Å². The van der Waals surface area contributed by atoms with Crippen molar-refractivity contribution >= 4 is 79.1 Å². The Labute approximate surface area is 512 Å². The van der Waals surface area contributed by atoms with Gasteiger partial charge in [-0.15, -0.1) is 10.2 Å². The van der Waals surface area contributed by atoms with Crippen LogP contribution in [0, 0.1) is 56.7 Å². The normalized spacial score (nSPS) is 10.8. The monoisotopic (exact) mass is 1320 g/mol. The lowest BCUT2D eigenvalue weighted by Gasteiger charge is -2.23. The molecule has 32 heteroatoms. The number of rotatable bonds is 10. The van der Waals surface area contributed by atoms with Gasteiger partial charge in [0.1, 0.15) is 23.0 Å². The molecule has 6 aromatic heterocycles. The van der Waals surface area contributed by atoms with Gasteiger partial charge in [-0.2, -0.15) is 9.36 Å². The van der Waals surface area contributed by atoms with Gasteiger partial charge >= 0.3 is 5.69 Å². The second-order valence-electron chi connectivity index (χ2n) is 19.6. The van der Waals surface area contributed by atoms with Crippen molar-refractivity contribution in [2.75, 3.05) is 21.7 Å². The lowest BCUT2D eigenvalue weighted by atomic mass is 10.1. The molecule has 0 unspecified atom stereocenters. The molecule has 456 valence electrons. The molecule has 10 rings (SSSR count). The van der Waals surface area contributed by atoms with Crippen LogP contribution >= 0.6 is 39.1 Å². The second-order valence-corrected chi connectivity index (χ2v) is 21.2. The van der Waals surface area contributed by atoms with Crippen LogP contribution in [-0.4, -0.2) is 87.5 Å². The Balaban J connectivity index is 0.000000182. The summed E-state index contributed by atoms with van der Waals surface area (Å²) in [5, 5.41) is 40.3. The SMILES string of the molecule is CC(C)(C)Nc1ncccc1-n1nnnc1-c1cccc(F)c1F.CC(C)(C)Nc1ncccc1NC(=O)c1cccc(F)c1F.Nc1ncc(Br)cc1-n1nnnc1-c1cccc(F)c1F.O=C(Cl)c1cccc(F)c1F.O=[N+]([O-])c1cccnc1Cl. The number of carbonyl (C=O) groups is 2. The number of hydrogen-bond donors (Lipinski definition) is 4. The van der Waals surface area contributed by atoms with Crippen LogP contribution in [-0.2, 0) is 0 Å². The number of hydrogen-bond acceptors (Lipinski definition) is 17. The molecule has 10 aromatic rings. The van der Waals surface area contributed by atoms with Crippen molar-refractivity contribution in [1.29, 1.82) is 0 Å². The molecule has 88 heavy (non-hydrogen) atoms. The van der Waals surface area contributed by atoms with Crippen LogP contribution in [0.3, 0.4) is 0 Å². The number of nitrogen functional groups attached to an aromatic ring is 1. The molecular formula is C56H46BrCl2F8N17O4. The Hall–Kier alpha value is -9.94. The summed E-state index contributed by atoms with van der Waals surface area (Å²) in [4.78, 5) is 48.0. The van der Waals surface area contributed by atoms with E-state index in [1.807, 2.05) is 41.5 Å². The smallest absolute Gasteiger partial charge is 0.306 e. The Morgan fingerprint density at radius 1 is 0.591 bits per heavy atom. The lowest BCUT2D eigenvalue weighted by Crippen LogP contribution is -2.27. The molecule has 6 heterocycles. The second kappa shape index (κ2) is 29.9. The molecule has 21 nitrogen and oxygen atoms in total. The first-order valence-electron chi connectivity index (χ1n) is 25.0. The molecule has 0 aliphatic rings. The van der Waals surface area contributed by atoms with Gasteiger partial charge in [-0.05, 0) is 175 Å². The molecule has 0 aliphatic carbocycles. The number of aromatic nitrogens is 12. The standard InChI is InChI=1S/C16H16F2N6.C16H17F2N3O.C12H7BrF2N6.C7H3ClF2O.C5H3ClN2O2/c1-16(2,3)20-14-12(8-5-9-19-14)24-15(21-22-23-24)10-6-4-7-11(17)13(10)18;1-16(2,3)21-14-12(8-5-9-19-14)20-15(22)10-6-4-7-11(17)13(10)18;13-6-4-9(11(16)17-5-6)21-12(18-19-20-21)7-2-1-3-8(14)10(7)15;8-7(11)4-2-1-3-5(9)6(4)10;6-5-4(8(9)10)2-1-3-7-5/h4-9H,1-3H3,(H,19,20);4-9H,1-3H3,(H,19,21)(H,20,22);1-5H,(H2,16,17);1-3H;1-3H. The van der Waals surface area contributed by atoms with Gasteiger partial charge < -0.3 is 21.7 Å².